The molecule has 6 heterocycles. The molecule has 4 aliphatic rings. The molecule has 4 aromatic rings. The van der Waals surface area contributed by atoms with Gasteiger partial charge in [0.05, 0.1) is 23.0 Å². The van der Waals surface area contributed by atoms with Gasteiger partial charge in [0.1, 0.15) is 23.2 Å². The lowest BCUT2D eigenvalue weighted by atomic mass is 10.0. The summed E-state index contributed by atoms with van der Waals surface area (Å²) in [6, 6.07) is 10.3. The molecule has 0 spiro atoms. The van der Waals surface area contributed by atoms with E-state index in [0.29, 0.717) is 29.7 Å². The topological polar surface area (TPSA) is 178 Å². The van der Waals surface area contributed by atoms with E-state index in [0.717, 1.165) is 92.9 Å². The minimum Gasteiger partial charge on any atom is -0.384 e. The Labute approximate surface area is 324 Å². The molecule has 16 heteroatoms. The first-order valence-electron chi connectivity index (χ1n) is 19.5. The number of carbonyl (C=O) groups excluding carboxylic acids is 5. The summed E-state index contributed by atoms with van der Waals surface area (Å²) in [6.07, 6.45) is 10.0. The fourth-order valence-corrected chi connectivity index (χ4v) is 8.33. The molecule has 5 amide bonds. The number of piperazine rings is 1. The van der Waals surface area contributed by atoms with Gasteiger partial charge in [0.2, 0.25) is 17.8 Å². The van der Waals surface area contributed by atoms with Gasteiger partial charge in [0, 0.05) is 76.6 Å². The molecule has 3 aliphatic heterocycles. The van der Waals surface area contributed by atoms with Crippen LogP contribution >= 0.6 is 0 Å². The number of piperidine rings is 1. The molecular weight excluding hydrogens is 715 g/mol. The highest BCUT2D eigenvalue weighted by molar-refractivity contribution is 6.25. The number of benzene rings is 1. The van der Waals surface area contributed by atoms with Gasteiger partial charge in [-0.15, -0.1) is 0 Å². The van der Waals surface area contributed by atoms with E-state index in [1.807, 2.05) is 18.3 Å². The highest BCUT2D eigenvalue weighted by Gasteiger charge is 2.45. The molecule has 0 bridgehead atoms. The first kappa shape index (κ1) is 37.0. The summed E-state index contributed by atoms with van der Waals surface area (Å²) in [6.45, 7) is 5.21. The molecule has 292 valence electrons. The largest absolute Gasteiger partial charge is 0.384 e. The zero-order valence-corrected chi connectivity index (χ0v) is 31.8. The third-order valence-electron chi connectivity index (χ3n) is 11.3. The van der Waals surface area contributed by atoms with Crippen molar-refractivity contribution in [2.45, 2.75) is 63.5 Å². The van der Waals surface area contributed by atoms with Crippen LogP contribution in [0.1, 0.15) is 88.6 Å². The summed E-state index contributed by atoms with van der Waals surface area (Å²) in [7, 11) is 3.54. The van der Waals surface area contributed by atoms with Crippen LogP contribution in [0, 0.1) is 0 Å². The smallest absolute Gasteiger partial charge is 0.270 e. The van der Waals surface area contributed by atoms with Gasteiger partial charge in [-0.2, -0.15) is 4.98 Å². The van der Waals surface area contributed by atoms with Crippen LogP contribution in [0.25, 0.3) is 11.0 Å². The molecular formula is C40H47N11O5. The van der Waals surface area contributed by atoms with Crippen LogP contribution in [0.2, 0.25) is 0 Å². The van der Waals surface area contributed by atoms with E-state index in [-0.39, 0.29) is 35.9 Å². The predicted molar refractivity (Wildman–Crippen MR) is 210 cm³/mol. The van der Waals surface area contributed by atoms with E-state index >= 15 is 0 Å². The number of pyridine rings is 1. The Hall–Kier alpha value is -5.90. The second-order valence-electron chi connectivity index (χ2n) is 15.2. The Morgan fingerprint density at radius 1 is 0.929 bits per heavy atom. The monoisotopic (exact) mass is 761 g/mol. The van der Waals surface area contributed by atoms with Crippen LogP contribution < -0.4 is 20.9 Å². The SMILES string of the molecule is CN(C)C(=O)c1cc2cnc(Nc3ccc(N4CCN(CCCCNc5cccc6c5C(=O)N(C5CCC(=O)NC5=O)C6=O)CC4)cn3)nc2n1C1CCCC1. The van der Waals surface area contributed by atoms with Crippen molar-refractivity contribution in [1.82, 2.24) is 39.5 Å². The first-order valence-corrected chi connectivity index (χ1v) is 19.5. The van der Waals surface area contributed by atoms with Crippen molar-refractivity contribution < 1.29 is 24.0 Å². The maximum absolute atomic E-state index is 13.4. The number of nitrogens with zero attached hydrogens (tertiary/aromatic N) is 8. The van der Waals surface area contributed by atoms with Crippen molar-refractivity contribution in [1.29, 1.82) is 0 Å². The fourth-order valence-electron chi connectivity index (χ4n) is 8.33. The number of nitrogens with one attached hydrogen (secondary N) is 3. The van der Waals surface area contributed by atoms with E-state index < -0.39 is 29.7 Å². The molecule has 16 nitrogen and oxygen atoms in total. The third kappa shape index (κ3) is 7.28. The minimum atomic E-state index is -0.986. The maximum atomic E-state index is 13.4. The summed E-state index contributed by atoms with van der Waals surface area (Å²) in [5.74, 6) is -0.977. The normalized spacial score (nSPS) is 19.1. The molecule has 3 aromatic heterocycles. The number of imide groups is 2. The van der Waals surface area contributed by atoms with E-state index in [2.05, 4.69) is 46.4 Å². The summed E-state index contributed by atoms with van der Waals surface area (Å²) < 4.78 is 2.11. The molecule has 0 radical (unpaired) electrons. The lowest BCUT2D eigenvalue weighted by molar-refractivity contribution is -0.136. The molecule has 2 saturated heterocycles. The second-order valence-corrected chi connectivity index (χ2v) is 15.2. The fraction of sp³-hybridized carbons (Fsp3) is 0.450. The predicted octanol–water partition coefficient (Wildman–Crippen LogP) is 3.80. The van der Waals surface area contributed by atoms with Crippen molar-refractivity contribution in [3.05, 3.63) is 65.6 Å². The Balaban J connectivity index is 0.804. The van der Waals surface area contributed by atoms with E-state index in [9.17, 15) is 24.0 Å². The minimum absolute atomic E-state index is 0.0367. The number of anilines is 4. The van der Waals surface area contributed by atoms with E-state index in [4.69, 9.17) is 4.98 Å². The number of hydrogen-bond donors (Lipinski definition) is 3. The van der Waals surface area contributed by atoms with Crippen LogP contribution in [-0.4, -0.2) is 123 Å². The zero-order chi connectivity index (χ0) is 38.9. The first-order chi connectivity index (χ1) is 27.2. The quantitative estimate of drug-likeness (QED) is 0.141. The molecule has 1 aromatic carbocycles. The molecule has 1 unspecified atom stereocenters. The van der Waals surface area contributed by atoms with Gasteiger partial charge in [-0.1, -0.05) is 18.9 Å². The van der Waals surface area contributed by atoms with Crippen molar-refractivity contribution in [3.63, 3.8) is 0 Å². The summed E-state index contributed by atoms with van der Waals surface area (Å²) in [5.41, 5.74) is 3.60. The van der Waals surface area contributed by atoms with Gasteiger partial charge in [0.15, 0.2) is 0 Å². The molecule has 56 heavy (non-hydrogen) atoms. The molecule has 3 N–H and O–H groups in total. The highest BCUT2D eigenvalue weighted by Crippen LogP contribution is 2.35. The second kappa shape index (κ2) is 15.7. The van der Waals surface area contributed by atoms with Crippen molar-refractivity contribution in [3.8, 4) is 0 Å². The number of carbonyl (C=O) groups is 5. The van der Waals surface area contributed by atoms with Gasteiger partial charge in [-0.3, -0.25) is 39.1 Å². The lowest BCUT2D eigenvalue weighted by Gasteiger charge is -2.36. The summed E-state index contributed by atoms with van der Waals surface area (Å²) >= 11 is 0. The number of hydrogen-bond acceptors (Lipinski definition) is 12. The Morgan fingerprint density at radius 2 is 1.73 bits per heavy atom. The van der Waals surface area contributed by atoms with Crippen molar-refractivity contribution in [2.75, 3.05) is 68.9 Å². The number of amides is 5. The maximum Gasteiger partial charge on any atom is 0.270 e. The van der Waals surface area contributed by atoms with Crippen molar-refractivity contribution >= 4 is 63.7 Å². The molecule has 1 atom stereocenters. The standard InChI is InChI=1S/C40H47N11O5/c1-47(2)38(55)31-22-25-23-43-40(46-35(25)50(31)26-8-3-4-9-26)44-32-14-12-27(24-42-32)49-20-18-48(19-21-49)17-6-5-16-41-29-11-7-10-28-34(29)39(56)51(37(28)54)30-13-15-33(52)45-36(30)53/h7,10-12,14,22-24,26,30,41H,3-6,8-9,13,15-21H2,1-2H3,(H,45,52,53)(H,42,43,44,46). The number of aromatic nitrogens is 4. The summed E-state index contributed by atoms with van der Waals surface area (Å²) in [4.78, 5) is 85.0. The zero-order valence-electron chi connectivity index (χ0n) is 31.8. The highest BCUT2D eigenvalue weighted by atomic mass is 16.2. The van der Waals surface area contributed by atoms with Crippen LogP contribution in [0.3, 0.4) is 0 Å². The van der Waals surface area contributed by atoms with Crippen LogP contribution in [0.5, 0.6) is 0 Å². The van der Waals surface area contributed by atoms with Crippen molar-refractivity contribution in [2.24, 2.45) is 0 Å². The molecule has 8 rings (SSSR count). The third-order valence-corrected chi connectivity index (χ3v) is 11.3. The van der Waals surface area contributed by atoms with Crippen LogP contribution in [-0.2, 0) is 9.59 Å². The van der Waals surface area contributed by atoms with E-state index in [1.165, 1.54) is 0 Å². The van der Waals surface area contributed by atoms with Crippen LogP contribution in [0.15, 0.2) is 48.8 Å². The molecule has 1 saturated carbocycles. The van der Waals surface area contributed by atoms with E-state index in [1.54, 1.807) is 43.4 Å². The molecule has 3 fully saturated rings. The number of fused-ring (bicyclic) bond motifs is 2. The number of unbranched alkanes of at least 4 members (excludes halogenated alkanes) is 1. The van der Waals surface area contributed by atoms with Gasteiger partial charge >= 0.3 is 0 Å². The van der Waals surface area contributed by atoms with Gasteiger partial charge in [-0.25, -0.2) is 9.97 Å². The summed E-state index contributed by atoms with van der Waals surface area (Å²) in [5, 5.41) is 9.68. The average Bonchev–Trinajstić information content (AvgIpc) is 3.92. The van der Waals surface area contributed by atoms with Gasteiger partial charge in [0.25, 0.3) is 17.7 Å². The van der Waals surface area contributed by atoms with Crippen LogP contribution in [0.4, 0.5) is 23.1 Å². The van der Waals surface area contributed by atoms with Gasteiger partial charge < -0.3 is 25.0 Å². The average molecular weight is 762 g/mol. The lowest BCUT2D eigenvalue weighted by Crippen LogP contribution is -2.54. The Bertz CT molecular complexity index is 2170. The Kier molecular flexibility index (Phi) is 10.4. The van der Waals surface area contributed by atoms with Gasteiger partial charge in [-0.05, 0) is 69.0 Å². The number of rotatable bonds is 12. The molecule has 1 aliphatic carbocycles. The Morgan fingerprint density at radius 3 is 2.46 bits per heavy atom.